The predicted octanol–water partition coefficient (Wildman–Crippen LogP) is 2.24. The van der Waals surface area contributed by atoms with E-state index < -0.39 is 11.4 Å². The molecule has 0 fully saturated rings. The zero-order chi connectivity index (χ0) is 15.2. The van der Waals surface area contributed by atoms with Crippen LogP contribution in [0.2, 0.25) is 0 Å². The Labute approximate surface area is 122 Å². The maximum absolute atomic E-state index is 11.5. The molecule has 6 heteroatoms. The van der Waals surface area contributed by atoms with Gasteiger partial charge in [0, 0.05) is 5.69 Å². The van der Waals surface area contributed by atoms with Crippen molar-refractivity contribution < 1.29 is 14.7 Å². The van der Waals surface area contributed by atoms with Gasteiger partial charge in [0.2, 0.25) is 5.91 Å². The number of carbonyl (C=O) groups excluding carboxylic acids is 1. The summed E-state index contributed by atoms with van der Waals surface area (Å²) in [6.45, 7) is 3.25. The van der Waals surface area contributed by atoms with Gasteiger partial charge in [0.1, 0.15) is 0 Å². The molecule has 0 atom stereocenters. The minimum Gasteiger partial charge on any atom is -0.481 e. The fraction of sp³-hybridized carbons (Fsp3) is 0.357. The molecule has 0 aliphatic rings. The molecule has 1 aromatic carbocycles. The Balaban J connectivity index is 2.66. The molecule has 2 N–H and O–H groups in total. The number of hydrogen-bond donors (Lipinski definition) is 2. The number of aliphatic carboxylic acids is 1. The largest absolute Gasteiger partial charge is 0.481 e. The molecular weight excluding hydrogens is 276 g/mol. The van der Waals surface area contributed by atoms with Gasteiger partial charge in [-0.2, -0.15) is 5.26 Å². The maximum atomic E-state index is 11.5. The normalized spacial score (nSPS) is 10.7. The number of carbonyl (C=O) groups is 2. The summed E-state index contributed by atoms with van der Waals surface area (Å²) in [5.74, 6) is -0.590. The van der Waals surface area contributed by atoms with Crippen LogP contribution in [-0.2, 0) is 15.0 Å². The van der Waals surface area contributed by atoms with Crippen LogP contribution in [0.25, 0.3) is 0 Å². The summed E-state index contributed by atoms with van der Waals surface area (Å²) >= 11 is 1.24. The molecule has 5 nitrogen and oxygen atoms in total. The third-order valence-corrected chi connectivity index (χ3v) is 3.62. The first-order valence-electron chi connectivity index (χ1n) is 5.96. The monoisotopic (exact) mass is 292 g/mol. The van der Waals surface area contributed by atoms with Crippen LogP contribution in [0.1, 0.15) is 19.4 Å². The van der Waals surface area contributed by atoms with Crippen LogP contribution in [0.15, 0.2) is 24.3 Å². The number of carboxylic acid groups (broad SMARTS) is 1. The summed E-state index contributed by atoms with van der Waals surface area (Å²) in [4.78, 5) is 22.7. The highest BCUT2D eigenvalue weighted by Crippen LogP contribution is 2.24. The van der Waals surface area contributed by atoms with Crippen LogP contribution < -0.4 is 5.32 Å². The van der Waals surface area contributed by atoms with Gasteiger partial charge in [0.05, 0.1) is 23.0 Å². The second kappa shape index (κ2) is 6.96. The molecule has 0 aliphatic heterocycles. The van der Waals surface area contributed by atoms with E-state index in [-0.39, 0.29) is 17.4 Å². The molecule has 0 spiro atoms. The van der Waals surface area contributed by atoms with E-state index in [1.807, 2.05) is 6.07 Å². The van der Waals surface area contributed by atoms with Gasteiger partial charge in [-0.15, -0.1) is 11.8 Å². The SMILES string of the molecule is CC(C)(C(=O)O)c1ccc(NC(=O)CSCC#N)cc1. The molecule has 0 heterocycles. The molecule has 1 amide bonds. The smallest absolute Gasteiger partial charge is 0.313 e. The Hall–Kier alpha value is -2.00. The van der Waals surface area contributed by atoms with E-state index in [0.717, 1.165) is 0 Å². The van der Waals surface area contributed by atoms with E-state index in [0.29, 0.717) is 11.3 Å². The molecule has 0 unspecified atom stereocenters. The Bertz CT molecular complexity index is 532. The van der Waals surface area contributed by atoms with Gasteiger partial charge in [0.25, 0.3) is 0 Å². The molecule has 0 saturated heterocycles. The van der Waals surface area contributed by atoms with Crippen molar-refractivity contribution in [3.63, 3.8) is 0 Å². The summed E-state index contributed by atoms with van der Waals surface area (Å²) < 4.78 is 0. The molecule has 106 valence electrons. The Morgan fingerprint density at radius 2 is 1.95 bits per heavy atom. The van der Waals surface area contributed by atoms with Crippen LogP contribution in [0.4, 0.5) is 5.69 Å². The van der Waals surface area contributed by atoms with E-state index in [1.165, 1.54) is 11.8 Å². The Morgan fingerprint density at radius 1 is 1.35 bits per heavy atom. The molecule has 0 radical (unpaired) electrons. The molecule has 0 bridgehead atoms. The lowest BCUT2D eigenvalue weighted by Crippen LogP contribution is -2.28. The van der Waals surface area contributed by atoms with Crippen molar-refractivity contribution in [2.45, 2.75) is 19.3 Å². The van der Waals surface area contributed by atoms with Gasteiger partial charge < -0.3 is 10.4 Å². The minimum atomic E-state index is -0.967. The highest BCUT2D eigenvalue weighted by atomic mass is 32.2. The number of nitriles is 1. The molecule has 0 aromatic heterocycles. The van der Waals surface area contributed by atoms with Crippen molar-refractivity contribution in [3.8, 4) is 6.07 Å². The van der Waals surface area contributed by atoms with E-state index in [4.69, 9.17) is 10.4 Å². The highest BCUT2D eigenvalue weighted by Gasteiger charge is 2.29. The maximum Gasteiger partial charge on any atom is 0.313 e. The van der Waals surface area contributed by atoms with Crippen LogP contribution in [0, 0.1) is 11.3 Å². The molecule has 0 saturated carbocycles. The predicted molar refractivity (Wildman–Crippen MR) is 78.7 cm³/mol. The summed E-state index contributed by atoms with van der Waals surface area (Å²) in [6.07, 6.45) is 0. The quantitative estimate of drug-likeness (QED) is 0.785. The zero-order valence-corrected chi connectivity index (χ0v) is 12.2. The Kier molecular flexibility index (Phi) is 5.59. The van der Waals surface area contributed by atoms with Gasteiger partial charge in [0.15, 0.2) is 0 Å². The standard InChI is InChI=1S/C14H16N2O3S/c1-14(2,13(18)19)10-3-5-11(6-4-10)16-12(17)9-20-8-7-15/h3-6H,8-9H2,1-2H3,(H,16,17)(H,18,19). The number of thioether (sulfide) groups is 1. The molecule has 1 aromatic rings. The van der Waals surface area contributed by atoms with Gasteiger partial charge in [-0.05, 0) is 31.5 Å². The van der Waals surface area contributed by atoms with Crippen molar-refractivity contribution in [1.29, 1.82) is 5.26 Å². The molecule has 20 heavy (non-hydrogen) atoms. The molecular formula is C14H16N2O3S. The van der Waals surface area contributed by atoms with Gasteiger partial charge in [-0.1, -0.05) is 12.1 Å². The highest BCUT2D eigenvalue weighted by molar-refractivity contribution is 8.00. The minimum absolute atomic E-state index is 0.185. The van der Waals surface area contributed by atoms with Crippen LogP contribution >= 0.6 is 11.8 Å². The van der Waals surface area contributed by atoms with E-state index in [9.17, 15) is 9.59 Å². The van der Waals surface area contributed by atoms with Gasteiger partial charge >= 0.3 is 5.97 Å². The number of rotatable bonds is 6. The number of nitrogens with zero attached hydrogens (tertiary/aromatic N) is 1. The fourth-order valence-electron chi connectivity index (χ4n) is 1.48. The van der Waals surface area contributed by atoms with Gasteiger partial charge in [-0.3, -0.25) is 9.59 Å². The average Bonchev–Trinajstić information content (AvgIpc) is 2.39. The Morgan fingerprint density at radius 3 is 2.45 bits per heavy atom. The first kappa shape index (κ1) is 16.1. The lowest BCUT2D eigenvalue weighted by atomic mass is 9.85. The van der Waals surface area contributed by atoms with Crippen molar-refractivity contribution in [3.05, 3.63) is 29.8 Å². The molecule has 0 aliphatic carbocycles. The second-order valence-electron chi connectivity index (χ2n) is 4.71. The van der Waals surface area contributed by atoms with Crippen molar-refractivity contribution in [2.75, 3.05) is 16.8 Å². The van der Waals surface area contributed by atoms with Crippen LogP contribution in [0.5, 0.6) is 0 Å². The second-order valence-corrected chi connectivity index (χ2v) is 5.69. The van der Waals surface area contributed by atoms with E-state index in [2.05, 4.69) is 5.32 Å². The number of benzene rings is 1. The van der Waals surface area contributed by atoms with Crippen molar-refractivity contribution in [1.82, 2.24) is 0 Å². The number of carboxylic acids is 1. The fourth-order valence-corrected chi connectivity index (χ4v) is 1.93. The van der Waals surface area contributed by atoms with Crippen LogP contribution in [-0.4, -0.2) is 28.5 Å². The first-order chi connectivity index (χ1) is 9.37. The number of hydrogen-bond acceptors (Lipinski definition) is 4. The summed E-state index contributed by atoms with van der Waals surface area (Å²) in [5.41, 5.74) is 0.310. The first-order valence-corrected chi connectivity index (χ1v) is 7.12. The summed E-state index contributed by atoms with van der Waals surface area (Å²) in [7, 11) is 0. The topological polar surface area (TPSA) is 90.2 Å². The molecule has 1 rings (SSSR count). The number of nitrogens with one attached hydrogen (secondary N) is 1. The lowest BCUT2D eigenvalue weighted by Gasteiger charge is -2.19. The summed E-state index contributed by atoms with van der Waals surface area (Å²) in [5, 5.41) is 20.2. The third-order valence-electron chi connectivity index (χ3n) is 2.82. The van der Waals surface area contributed by atoms with Crippen molar-refractivity contribution >= 4 is 29.3 Å². The zero-order valence-electron chi connectivity index (χ0n) is 11.3. The average molecular weight is 292 g/mol. The van der Waals surface area contributed by atoms with Crippen molar-refractivity contribution in [2.24, 2.45) is 0 Å². The van der Waals surface area contributed by atoms with E-state index in [1.54, 1.807) is 38.1 Å². The van der Waals surface area contributed by atoms with E-state index >= 15 is 0 Å². The van der Waals surface area contributed by atoms with Gasteiger partial charge in [-0.25, -0.2) is 0 Å². The lowest BCUT2D eigenvalue weighted by molar-refractivity contribution is -0.142. The third kappa shape index (κ3) is 4.28. The summed E-state index contributed by atoms with van der Waals surface area (Å²) in [6, 6.07) is 8.67. The number of amides is 1. The number of anilines is 1. The van der Waals surface area contributed by atoms with Crippen LogP contribution in [0.3, 0.4) is 0 Å².